The van der Waals surface area contributed by atoms with Crippen LogP contribution in [0.15, 0.2) is 0 Å². The number of amides is 1. The molecule has 90 valence electrons. The Labute approximate surface area is 92.1 Å². The molecule has 1 amide bonds. The summed E-state index contributed by atoms with van der Waals surface area (Å²) in [6, 6.07) is 0. The van der Waals surface area contributed by atoms with Gasteiger partial charge in [0.25, 0.3) is 11.7 Å². The number of sulfonamides is 1. The first-order chi connectivity index (χ1) is 7.49. The van der Waals surface area contributed by atoms with Crippen LogP contribution in [0.3, 0.4) is 0 Å². The van der Waals surface area contributed by atoms with Crippen molar-refractivity contribution in [3.05, 3.63) is 5.82 Å². The molecule has 0 aliphatic rings. The van der Waals surface area contributed by atoms with Gasteiger partial charge >= 0.3 is 0 Å². The zero-order valence-electron chi connectivity index (χ0n) is 8.60. The number of rotatable bonds is 6. The van der Waals surface area contributed by atoms with E-state index in [0.717, 1.165) is 6.26 Å². The van der Waals surface area contributed by atoms with Crippen molar-refractivity contribution in [2.75, 3.05) is 19.3 Å². The summed E-state index contributed by atoms with van der Waals surface area (Å²) in [7, 11) is -3.17. The number of aromatic nitrogens is 4. The number of H-pyrrole nitrogens is 1. The van der Waals surface area contributed by atoms with Gasteiger partial charge in [0.2, 0.25) is 10.0 Å². The maximum atomic E-state index is 11.2. The molecular formula is C6H12N6O3S. The first kappa shape index (κ1) is 12.5. The normalized spacial score (nSPS) is 11.3. The minimum absolute atomic E-state index is 0.0453. The van der Waals surface area contributed by atoms with Crippen LogP contribution >= 0.6 is 0 Å². The Kier molecular flexibility index (Phi) is 4.31. The molecule has 16 heavy (non-hydrogen) atoms. The number of nitrogens with zero attached hydrogens (tertiary/aromatic N) is 3. The molecule has 1 heterocycles. The van der Waals surface area contributed by atoms with Gasteiger partial charge in [0.15, 0.2) is 0 Å². The van der Waals surface area contributed by atoms with E-state index in [1.54, 1.807) is 0 Å². The van der Waals surface area contributed by atoms with E-state index in [1.165, 1.54) is 0 Å². The lowest BCUT2D eigenvalue weighted by Gasteiger charge is -2.02. The molecular weight excluding hydrogens is 236 g/mol. The van der Waals surface area contributed by atoms with Gasteiger partial charge in [-0.05, 0) is 11.6 Å². The Bertz CT molecular complexity index is 427. The van der Waals surface area contributed by atoms with Gasteiger partial charge in [-0.15, -0.1) is 10.2 Å². The van der Waals surface area contributed by atoms with E-state index in [-0.39, 0.29) is 12.4 Å². The van der Waals surface area contributed by atoms with Gasteiger partial charge in [-0.2, -0.15) is 5.21 Å². The van der Waals surface area contributed by atoms with Crippen LogP contribution in [0.4, 0.5) is 0 Å². The van der Waals surface area contributed by atoms with Gasteiger partial charge in [-0.1, -0.05) is 0 Å². The lowest BCUT2D eigenvalue weighted by atomic mass is 10.4. The second kappa shape index (κ2) is 5.51. The summed E-state index contributed by atoms with van der Waals surface area (Å²) in [5.41, 5.74) is 0. The molecule has 0 saturated carbocycles. The Morgan fingerprint density at radius 2 is 2.19 bits per heavy atom. The maximum Gasteiger partial charge on any atom is 0.292 e. The third-order valence-corrected chi connectivity index (χ3v) is 2.28. The van der Waals surface area contributed by atoms with Crippen LogP contribution in [-0.4, -0.2) is 54.3 Å². The SMILES string of the molecule is CS(=O)(=O)NCCCNC(=O)c1nn[nH]n1. The van der Waals surface area contributed by atoms with Crippen molar-refractivity contribution in [2.45, 2.75) is 6.42 Å². The van der Waals surface area contributed by atoms with Crippen molar-refractivity contribution < 1.29 is 13.2 Å². The number of tetrazole rings is 1. The molecule has 9 nitrogen and oxygen atoms in total. The van der Waals surface area contributed by atoms with Crippen molar-refractivity contribution in [2.24, 2.45) is 0 Å². The summed E-state index contributed by atoms with van der Waals surface area (Å²) in [6.07, 6.45) is 1.56. The van der Waals surface area contributed by atoms with E-state index >= 15 is 0 Å². The lowest BCUT2D eigenvalue weighted by Crippen LogP contribution is -2.29. The van der Waals surface area contributed by atoms with Crippen LogP contribution < -0.4 is 10.0 Å². The van der Waals surface area contributed by atoms with Crippen molar-refractivity contribution in [3.8, 4) is 0 Å². The summed E-state index contributed by atoms with van der Waals surface area (Å²) in [6.45, 7) is 0.598. The Hall–Kier alpha value is -1.55. The monoisotopic (exact) mass is 248 g/mol. The Balaban J connectivity index is 2.15. The minimum Gasteiger partial charge on any atom is -0.349 e. The first-order valence-corrected chi connectivity index (χ1v) is 6.34. The molecule has 0 unspecified atom stereocenters. The molecule has 0 atom stereocenters. The number of nitrogens with one attached hydrogen (secondary N) is 3. The van der Waals surface area contributed by atoms with Crippen LogP contribution in [0.5, 0.6) is 0 Å². The van der Waals surface area contributed by atoms with E-state index in [2.05, 4.69) is 30.7 Å². The highest BCUT2D eigenvalue weighted by atomic mass is 32.2. The second-order valence-corrected chi connectivity index (χ2v) is 4.84. The Morgan fingerprint density at radius 3 is 2.75 bits per heavy atom. The average Bonchev–Trinajstić information content (AvgIpc) is 2.67. The van der Waals surface area contributed by atoms with Crippen LogP contribution in [0.25, 0.3) is 0 Å². The zero-order valence-corrected chi connectivity index (χ0v) is 9.41. The van der Waals surface area contributed by atoms with Crippen molar-refractivity contribution in [1.82, 2.24) is 30.7 Å². The smallest absolute Gasteiger partial charge is 0.292 e. The molecule has 0 radical (unpaired) electrons. The van der Waals surface area contributed by atoms with Crippen LogP contribution in [-0.2, 0) is 10.0 Å². The lowest BCUT2D eigenvalue weighted by molar-refractivity contribution is 0.0943. The fraction of sp³-hybridized carbons (Fsp3) is 0.667. The molecule has 0 saturated heterocycles. The van der Waals surface area contributed by atoms with Crippen molar-refractivity contribution in [3.63, 3.8) is 0 Å². The minimum atomic E-state index is -3.17. The summed E-state index contributed by atoms with van der Waals surface area (Å²) in [5, 5.41) is 14.9. The summed E-state index contributed by atoms with van der Waals surface area (Å²) in [5.74, 6) is -0.496. The van der Waals surface area contributed by atoms with E-state index < -0.39 is 15.9 Å². The topological polar surface area (TPSA) is 130 Å². The van der Waals surface area contributed by atoms with Crippen molar-refractivity contribution >= 4 is 15.9 Å². The number of aromatic amines is 1. The molecule has 0 spiro atoms. The van der Waals surface area contributed by atoms with Crippen LogP contribution in [0.2, 0.25) is 0 Å². The van der Waals surface area contributed by atoms with E-state index in [0.29, 0.717) is 13.0 Å². The predicted molar refractivity (Wildman–Crippen MR) is 54.0 cm³/mol. The quantitative estimate of drug-likeness (QED) is 0.493. The predicted octanol–water partition coefficient (Wildman–Crippen LogP) is -2.13. The molecule has 10 heteroatoms. The molecule has 0 aliphatic heterocycles. The third kappa shape index (κ3) is 4.79. The Morgan fingerprint density at radius 1 is 1.44 bits per heavy atom. The largest absolute Gasteiger partial charge is 0.349 e. The van der Waals surface area contributed by atoms with Gasteiger partial charge in [-0.3, -0.25) is 4.79 Å². The highest BCUT2D eigenvalue weighted by molar-refractivity contribution is 7.88. The standard InChI is InChI=1S/C6H12N6O3S/c1-16(14,15)8-4-2-3-7-6(13)5-9-11-12-10-5/h8H,2-4H2,1H3,(H,7,13)(H,9,10,11,12). The number of hydrogen-bond donors (Lipinski definition) is 3. The van der Waals surface area contributed by atoms with E-state index in [1.807, 2.05) is 0 Å². The molecule has 3 N–H and O–H groups in total. The first-order valence-electron chi connectivity index (χ1n) is 4.45. The highest BCUT2D eigenvalue weighted by Crippen LogP contribution is 1.84. The number of carbonyl (C=O) groups excluding carboxylic acids is 1. The third-order valence-electron chi connectivity index (χ3n) is 1.55. The molecule has 1 rings (SSSR count). The molecule has 0 fully saturated rings. The fourth-order valence-electron chi connectivity index (χ4n) is 0.885. The van der Waals surface area contributed by atoms with Gasteiger partial charge in [-0.25, -0.2) is 13.1 Å². The molecule has 1 aromatic heterocycles. The van der Waals surface area contributed by atoms with Gasteiger partial charge in [0, 0.05) is 13.1 Å². The maximum absolute atomic E-state index is 11.2. The molecule has 0 bridgehead atoms. The van der Waals surface area contributed by atoms with Crippen LogP contribution in [0, 0.1) is 0 Å². The molecule has 1 aromatic rings. The average molecular weight is 248 g/mol. The van der Waals surface area contributed by atoms with Crippen LogP contribution in [0.1, 0.15) is 17.0 Å². The summed E-state index contributed by atoms with van der Waals surface area (Å²) < 4.78 is 23.7. The number of hydrogen-bond acceptors (Lipinski definition) is 6. The van der Waals surface area contributed by atoms with Gasteiger partial charge in [0.05, 0.1) is 6.26 Å². The van der Waals surface area contributed by atoms with Gasteiger partial charge in [0.1, 0.15) is 0 Å². The number of carbonyl (C=O) groups is 1. The fourth-order valence-corrected chi connectivity index (χ4v) is 1.40. The van der Waals surface area contributed by atoms with E-state index in [4.69, 9.17) is 0 Å². The summed E-state index contributed by atoms with van der Waals surface area (Å²) in [4.78, 5) is 11.2. The summed E-state index contributed by atoms with van der Waals surface area (Å²) >= 11 is 0. The zero-order chi connectivity index (χ0) is 12.0. The van der Waals surface area contributed by atoms with Crippen molar-refractivity contribution in [1.29, 1.82) is 0 Å². The highest BCUT2D eigenvalue weighted by Gasteiger charge is 2.09. The molecule has 0 aromatic carbocycles. The second-order valence-electron chi connectivity index (χ2n) is 3.01. The van der Waals surface area contributed by atoms with E-state index in [9.17, 15) is 13.2 Å². The molecule has 0 aliphatic carbocycles. The van der Waals surface area contributed by atoms with Gasteiger partial charge < -0.3 is 5.32 Å².